The quantitative estimate of drug-likeness (QED) is 0.751. The van der Waals surface area contributed by atoms with Crippen molar-refractivity contribution >= 4 is 31.9 Å². The van der Waals surface area contributed by atoms with E-state index in [1.165, 1.54) is 6.07 Å². The fraction of sp³-hybridized carbons (Fsp3) is 0.250. The summed E-state index contributed by atoms with van der Waals surface area (Å²) in [5.41, 5.74) is 1.74. The van der Waals surface area contributed by atoms with E-state index >= 15 is 0 Å². The van der Waals surface area contributed by atoms with E-state index in [0.717, 1.165) is 20.3 Å². The molecule has 1 atom stereocenters. The van der Waals surface area contributed by atoms with Crippen LogP contribution in [0.2, 0.25) is 0 Å². The molecule has 1 unspecified atom stereocenters. The third-order valence-electron chi connectivity index (χ3n) is 3.35. The van der Waals surface area contributed by atoms with Crippen LogP contribution in [0.5, 0.6) is 5.75 Å². The lowest BCUT2D eigenvalue weighted by Crippen LogP contribution is -2.20. The van der Waals surface area contributed by atoms with Gasteiger partial charge >= 0.3 is 0 Å². The molecule has 0 saturated carbocycles. The van der Waals surface area contributed by atoms with Crippen molar-refractivity contribution in [1.29, 1.82) is 0 Å². The average molecular weight is 417 g/mol. The molecule has 1 N–H and O–H groups in total. The van der Waals surface area contributed by atoms with Crippen molar-refractivity contribution in [3.63, 3.8) is 0 Å². The molecule has 112 valence electrons. The van der Waals surface area contributed by atoms with Crippen LogP contribution < -0.4 is 10.1 Å². The molecule has 0 amide bonds. The first-order valence-electron chi connectivity index (χ1n) is 6.50. The summed E-state index contributed by atoms with van der Waals surface area (Å²) < 4.78 is 21.0. The average Bonchev–Trinajstić information content (AvgIpc) is 2.46. The number of benzene rings is 2. The van der Waals surface area contributed by atoms with E-state index in [-0.39, 0.29) is 11.9 Å². The van der Waals surface area contributed by atoms with Crippen LogP contribution in [0.1, 0.15) is 17.2 Å². The summed E-state index contributed by atoms with van der Waals surface area (Å²) in [5, 5.41) is 3.18. The van der Waals surface area contributed by atoms with Crippen LogP contribution in [0.15, 0.2) is 45.3 Å². The lowest BCUT2D eigenvalue weighted by atomic mass is 9.98. The van der Waals surface area contributed by atoms with Crippen LogP contribution in [0, 0.1) is 5.82 Å². The molecule has 2 rings (SSSR count). The number of nitrogens with one attached hydrogen (secondary N) is 1. The van der Waals surface area contributed by atoms with Crippen molar-refractivity contribution in [3.8, 4) is 5.75 Å². The summed E-state index contributed by atoms with van der Waals surface area (Å²) in [5.74, 6) is 0.572. The van der Waals surface area contributed by atoms with Gasteiger partial charge in [0.2, 0.25) is 0 Å². The second kappa shape index (κ2) is 7.38. The van der Waals surface area contributed by atoms with Crippen molar-refractivity contribution in [2.45, 2.75) is 12.5 Å². The fourth-order valence-corrected chi connectivity index (χ4v) is 3.47. The number of hydrogen-bond donors (Lipinski definition) is 1. The van der Waals surface area contributed by atoms with Crippen LogP contribution in [-0.4, -0.2) is 14.2 Å². The van der Waals surface area contributed by atoms with E-state index in [4.69, 9.17) is 4.74 Å². The van der Waals surface area contributed by atoms with E-state index < -0.39 is 0 Å². The molecular formula is C16H16Br2FNO. The highest BCUT2D eigenvalue weighted by Crippen LogP contribution is 2.31. The standard InChI is InChI=1S/C16H16Br2FNO/c1-20-14(16-11(17)4-3-5-13(16)19)9-10-6-7-15(21-2)12(18)8-10/h3-8,14,20H,9H2,1-2H3. The maximum atomic E-state index is 14.1. The Balaban J connectivity index is 2.29. The number of rotatable bonds is 5. The Labute approximate surface area is 141 Å². The van der Waals surface area contributed by atoms with Crippen molar-refractivity contribution in [2.24, 2.45) is 0 Å². The first kappa shape index (κ1) is 16.5. The number of methoxy groups -OCH3 is 1. The van der Waals surface area contributed by atoms with Crippen LogP contribution in [0.4, 0.5) is 4.39 Å². The molecule has 0 spiro atoms. The topological polar surface area (TPSA) is 21.3 Å². The zero-order valence-corrected chi connectivity index (χ0v) is 15.0. The number of hydrogen-bond acceptors (Lipinski definition) is 2. The maximum Gasteiger partial charge on any atom is 0.133 e. The van der Waals surface area contributed by atoms with Crippen LogP contribution in [-0.2, 0) is 6.42 Å². The van der Waals surface area contributed by atoms with Gasteiger partial charge in [-0.25, -0.2) is 4.39 Å². The Hall–Kier alpha value is -0.910. The summed E-state index contributed by atoms with van der Waals surface area (Å²) in [6.07, 6.45) is 0.679. The number of halogens is 3. The highest BCUT2D eigenvalue weighted by molar-refractivity contribution is 9.10. The highest BCUT2D eigenvalue weighted by Gasteiger charge is 2.18. The lowest BCUT2D eigenvalue weighted by molar-refractivity contribution is 0.412. The first-order valence-corrected chi connectivity index (χ1v) is 8.09. The third-order valence-corrected chi connectivity index (χ3v) is 4.66. The van der Waals surface area contributed by atoms with E-state index in [1.54, 1.807) is 13.2 Å². The van der Waals surface area contributed by atoms with Crippen molar-refractivity contribution in [2.75, 3.05) is 14.2 Å². The summed E-state index contributed by atoms with van der Waals surface area (Å²) >= 11 is 6.91. The predicted octanol–water partition coefficient (Wildman–Crippen LogP) is 4.86. The fourth-order valence-electron chi connectivity index (χ4n) is 2.26. The molecule has 0 saturated heterocycles. The third kappa shape index (κ3) is 3.84. The molecule has 0 bridgehead atoms. The zero-order valence-electron chi connectivity index (χ0n) is 11.8. The van der Waals surface area contributed by atoms with Gasteiger partial charge in [0.1, 0.15) is 11.6 Å². The molecule has 0 aliphatic heterocycles. The molecule has 0 aliphatic carbocycles. The summed E-state index contributed by atoms with van der Waals surface area (Å²) in [6, 6.07) is 10.8. The lowest BCUT2D eigenvalue weighted by Gasteiger charge is -2.19. The van der Waals surface area contributed by atoms with Gasteiger partial charge in [-0.2, -0.15) is 0 Å². The van der Waals surface area contributed by atoms with Crippen LogP contribution >= 0.6 is 31.9 Å². The first-order chi connectivity index (χ1) is 10.1. The van der Waals surface area contributed by atoms with Gasteiger partial charge < -0.3 is 10.1 Å². The molecule has 2 aromatic rings. The molecule has 0 aliphatic rings. The summed E-state index contributed by atoms with van der Waals surface area (Å²) in [4.78, 5) is 0. The minimum absolute atomic E-state index is 0.110. The molecule has 0 radical (unpaired) electrons. The molecule has 2 nitrogen and oxygen atoms in total. The Morgan fingerprint density at radius 1 is 1.19 bits per heavy atom. The largest absolute Gasteiger partial charge is 0.496 e. The van der Waals surface area contributed by atoms with Crippen molar-refractivity contribution in [1.82, 2.24) is 5.32 Å². The molecule has 0 aromatic heterocycles. The maximum absolute atomic E-state index is 14.1. The van der Waals surface area contributed by atoms with Gasteiger partial charge in [0.25, 0.3) is 0 Å². The second-order valence-electron chi connectivity index (χ2n) is 4.65. The minimum atomic E-state index is -0.212. The van der Waals surface area contributed by atoms with Gasteiger partial charge in [-0.05, 0) is 59.2 Å². The number of ether oxygens (including phenoxy) is 1. The van der Waals surface area contributed by atoms with Gasteiger partial charge in [-0.3, -0.25) is 0 Å². The SMILES string of the molecule is CNC(Cc1ccc(OC)c(Br)c1)c1c(F)cccc1Br. The minimum Gasteiger partial charge on any atom is -0.496 e. The van der Waals surface area contributed by atoms with Crippen molar-refractivity contribution < 1.29 is 9.13 Å². The molecular weight excluding hydrogens is 401 g/mol. The molecule has 2 aromatic carbocycles. The van der Waals surface area contributed by atoms with Gasteiger partial charge in [0.05, 0.1) is 11.6 Å². The van der Waals surface area contributed by atoms with Gasteiger partial charge in [-0.1, -0.05) is 28.1 Å². The summed E-state index contributed by atoms with van der Waals surface area (Å²) in [6.45, 7) is 0. The van der Waals surface area contributed by atoms with Crippen molar-refractivity contribution in [3.05, 3.63) is 62.3 Å². The van der Waals surface area contributed by atoms with Crippen LogP contribution in [0.25, 0.3) is 0 Å². The number of likely N-dealkylation sites (N-methyl/N-ethyl adjacent to an activating group) is 1. The van der Waals surface area contributed by atoms with Gasteiger partial charge in [-0.15, -0.1) is 0 Å². The normalized spacial score (nSPS) is 12.2. The Morgan fingerprint density at radius 3 is 2.52 bits per heavy atom. The van der Waals surface area contributed by atoms with E-state index in [1.807, 2.05) is 31.3 Å². The summed E-state index contributed by atoms with van der Waals surface area (Å²) in [7, 11) is 3.47. The highest BCUT2D eigenvalue weighted by atomic mass is 79.9. The molecule has 21 heavy (non-hydrogen) atoms. The van der Waals surface area contributed by atoms with E-state index in [0.29, 0.717) is 12.0 Å². The second-order valence-corrected chi connectivity index (χ2v) is 6.36. The Morgan fingerprint density at radius 2 is 1.95 bits per heavy atom. The smallest absolute Gasteiger partial charge is 0.133 e. The van der Waals surface area contributed by atoms with E-state index in [2.05, 4.69) is 37.2 Å². The van der Waals surface area contributed by atoms with Crippen LogP contribution in [0.3, 0.4) is 0 Å². The Bertz CT molecular complexity index is 613. The predicted molar refractivity (Wildman–Crippen MR) is 90.3 cm³/mol. The molecule has 0 fully saturated rings. The van der Waals surface area contributed by atoms with E-state index in [9.17, 15) is 4.39 Å². The monoisotopic (exact) mass is 415 g/mol. The zero-order chi connectivity index (χ0) is 15.4. The van der Waals surface area contributed by atoms with Gasteiger partial charge in [0.15, 0.2) is 0 Å². The van der Waals surface area contributed by atoms with Gasteiger partial charge in [0, 0.05) is 16.1 Å². The molecule has 0 heterocycles. The Kier molecular flexibility index (Phi) is 5.79. The molecule has 5 heteroatoms.